The summed E-state index contributed by atoms with van der Waals surface area (Å²) in [6.45, 7) is 8.02. The SMILES string of the molecule is CC(C)Cn1c(SCC(=O)c2ccc(NC(=O)c3ccccc3)cc2)nnc1N1CCOCC1. The van der Waals surface area contributed by atoms with Crippen LogP contribution < -0.4 is 10.2 Å². The Bertz CT molecular complexity index is 1110. The lowest BCUT2D eigenvalue weighted by molar-refractivity contribution is 0.101. The number of rotatable bonds is 9. The highest BCUT2D eigenvalue weighted by Gasteiger charge is 2.22. The van der Waals surface area contributed by atoms with Gasteiger partial charge in [0.25, 0.3) is 5.91 Å². The van der Waals surface area contributed by atoms with Crippen molar-refractivity contribution >= 4 is 35.1 Å². The number of ketones is 1. The van der Waals surface area contributed by atoms with E-state index >= 15 is 0 Å². The molecule has 4 rings (SSSR count). The lowest BCUT2D eigenvalue weighted by Crippen LogP contribution is -2.38. The summed E-state index contributed by atoms with van der Waals surface area (Å²) in [6, 6.07) is 16.0. The molecule has 1 aliphatic rings. The maximum Gasteiger partial charge on any atom is 0.255 e. The van der Waals surface area contributed by atoms with E-state index in [-0.39, 0.29) is 17.4 Å². The van der Waals surface area contributed by atoms with Crippen LogP contribution in [0.5, 0.6) is 0 Å². The van der Waals surface area contributed by atoms with Gasteiger partial charge in [-0.3, -0.25) is 14.2 Å². The average molecular weight is 480 g/mol. The smallest absolute Gasteiger partial charge is 0.255 e. The van der Waals surface area contributed by atoms with Gasteiger partial charge in [0.05, 0.1) is 19.0 Å². The summed E-state index contributed by atoms with van der Waals surface area (Å²) in [5, 5.41) is 12.4. The molecule has 0 aliphatic carbocycles. The molecule has 0 unspecified atom stereocenters. The zero-order chi connectivity index (χ0) is 23.9. The molecule has 34 heavy (non-hydrogen) atoms. The molecule has 0 spiro atoms. The summed E-state index contributed by atoms with van der Waals surface area (Å²) < 4.78 is 7.56. The number of nitrogens with one attached hydrogen (secondary N) is 1. The number of anilines is 2. The Balaban J connectivity index is 1.38. The summed E-state index contributed by atoms with van der Waals surface area (Å²) in [5.74, 6) is 1.33. The fraction of sp³-hybridized carbons (Fsp3) is 0.360. The second kappa shape index (κ2) is 11.3. The molecule has 3 aromatic rings. The highest BCUT2D eigenvalue weighted by atomic mass is 32.2. The number of thioether (sulfide) groups is 1. The molecule has 1 N–H and O–H groups in total. The third-order valence-electron chi connectivity index (χ3n) is 5.37. The molecular formula is C25H29N5O3S. The molecule has 9 heteroatoms. The van der Waals surface area contributed by atoms with Crippen LogP contribution in [-0.4, -0.2) is 58.5 Å². The van der Waals surface area contributed by atoms with Crippen LogP contribution in [0.4, 0.5) is 11.6 Å². The first-order valence-corrected chi connectivity index (χ1v) is 12.4. The molecule has 178 valence electrons. The number of amides is 1. The lowest BCUT2D eigenvalue weighted by atomic mass is 10.1. The Morgan fingerprint density at radius 2 is 1.71 bits per heavy atom. The number of hydrogen-bond acceptors (Lipinski definition) is 7. The Hall–Kier alpha value is -3.17. The predicted octanol–water partition coefficient (Wildman–Crippen LogP) is 4.00. The minimum atomic E-state index is -0.184. The van der Waals surface area contributed by atoms with Crippen molar-refractivity contribution in [3.05, 3.63) is 65.7 Å². The minimum absolute atomic E-state index is 0.00189. The fourth-order valence-corrected chi connectivity index (χ4v) is 4.49. The second-order valence-electron chi connectivity index (χ2n) is 8.50. The molecular weight excluding hydrogens is 450 g/mol. The zero-order valence-electron chi connectivity index (χ0n) is 19.4. The van der Waals surface area contributed by atoms with E-state index in [2.05, 4.69) is 38.8 Å². The normalized spacial score (nSPS) is 13.8. The number of carbonyl (C=O) groups excluding carboxylic acids is 2. The number of benzene rings is 2. The van der Waals surface area contributed by atoms with Gasteiger partial charge in [0.15, 0.2) is 10.9 Å². The van der Waals surface area contributed by atoms with Gasteiger partial charge in [-0.2, -0.15) is 0 Å². The van der Waals surface area contributed by atoms with Crippen LogP contribution in [0.25, 0.3) is 0 Å². The minimum Gasteiger partial charge on any atom is -0.378 e. The topological polar surface area (TPSA) is 89.3 Å². The zero-order valence-corrected chi connectivity index (χ0v) is 20.3. The molecule has 1 aromatic heterocycles. The molecule has 1 saturated heterocycles. The summed E-state index contributed by atoms with van der Waals surface area (Å²) in [4.78, 5) is 27.3. The molecule has 0 atom stereocenters. The van der Waals surface area contributed by atoms with Crippen LogP contribution in [0.3, 0.4) is 0 Å². The molecule has 1 fully saturated rings. The Morgan fingerprint density at radius 3 is 2.38 bits per heavy atom. The molecule has 8 nitrogen and oxygen atoms in total. The van der Waals surface area contributed by atoms with Gasteiger partial charge in [-0.1, -0.05) is 43.8 Å². The highest BCUT2D eigenvalue weighted by molar-refractivity contribution is 7.99. The van der Waals surface area contributed by atoms with Crippen molar-refractivity contribution < 1.29 is 14.3 Å². The quantitative estimate of drug-likeness (QED) is 0.367. The number of morpholine rings is 1. The van der Waals surface area contributed by atoms with E-state index in [0.717, 1.165) is 30.7 Å². The Kier molecular flexibility index (Phi) is 7.97. The highest BCUT2D eigenvalue weighted by Crippen LogP contribution is 2.25. The van der Waals surface area contributed by atoms with Crippen LogP contribution in [0.1, 0.15) is 34.6 Å². The maximum atomic E-state index is 12.8. The third kappa shape index (κ3) is 6.03. The number of hydrogen-bond donors (Lipinski definition) is 1. The summed E-state index contributed by atoms with van der Waals surface area (Å²) in [7, 11) is 0. The van der Waals surface area contributed by atoms with E-state index in [1.165, 1.54) is 11.8 Å². The van der Waals surface area contributed by atoms with Crippen molar-refractivity contribution in [2.45, 2.75) is 25.5 Å². The van der Waals surface area contributed by atoms with Gasteiger partial charge in [-0.25, -0.2) is 0 Å². The van der Waals surface area contributed by atoms with Crippen LogP contribution in [0.15, 0.2) is 59.8 Å². The molecule has 0 radical (unpaired) electrons. The first kappa shape index (κ1) is 24.0. The first-order valence-electron chi connectivity index (χ1n) is 11.4. The van der Waals surface area contributed by atoms with Gasteiger partial charge in [-0.15, -0.1) is 10.2 Å². The summed E-state index contributed by atoms with van der Waals surface area (Å²) in [5.41, 5.74) is 1.82. The van der Waals surface area contributed by atoms with Gasteiger partial charge in [0.2, 0.25) is 5.95 Å². The second-order valence-corrected chi connectivity index (χ2v) is 9.44. The Labute approximate surface area is 203 Å². The standard InChI is InChI=1S/C25H29N5O3S/c1-18(2)16-30-24(29-12-14-33-15-13-29)27-28-25(30)34-17-22(31)19-8-10-21(11-9-19)26-23(32)20-6-4-3-5-7-20/h3-11,18H,12-17H2,1-2H3,(H,26,32). The van der Waals surface area contributed by atoms with Crippen LogP contribution in [0, 0.1) is 5.92 Å². The van der Waals surface area contributed by atoms with Crippen molar-refractivity contribution in [1.29, 1.82) is 0 Å². The van der Waals surface area contributed by atoms with Crippen LogP contribution in [-0.2, 0) is 11.3 Å². The van der Waals surface area contributed by atoms with Crippen LogP contribution in [0.2, 0.25) is 0 Å². The van der Waals surface area contributed by atoms with E-state index in [4.69, 9.17) is 4.74 Å². The lowest BCUT2D eigenvalue weighted by Gasteiger charge is -2.28. The molecule has 2 aromatic carbocycles. The van der Waals surface area contributed by atoms with E-state index in [9.17, 15) is 9.59 Å². The van der Waals surface area contributed by atoms with Gasteiger partial charge < -0.3 is 15.0 Å². The summed E-state index contributed by atoms with van der Waals surface area (Å²) >= 11 is 1.40. The summed E-state index contributed by atoms with van der Waals surface area (Å²) in [6.07, 6.45) is 0. The van der Waals surface area contributed by atoms with Gasteiger partial charge >= 0.3 is 0 Å². The maximum absolute atomic E-state index is 12.8. The van der Waals surface area contributed by atoms with Crippen molar-refractivity contribution in [2.24, 2.45) is 5.92 Å². The van der Waals surface area contributed by atoms with Crippen molar-refractivity contribution in [3.63, 3.8) is 0 Å². The van der Waals surface area contributed by atoms with E-state index in [1.54, 1.807) is 36.4 Å². The molecule has 0 saturated carbocycles. The van der Waals surface area contributed by atoms with Gasteiger partial charge in [-0.05, 0) is 42.3 Å². The fourth-order valence-electron chi connectivity index (χ4n) is 3.66. The number of ether oxygens (including phenoxy) is 1. The Morgan fingerprint density at radius 1 is 1.00 bits per heavy atom. The van der Waals surface area contributed by atoms with E-state index in [0.29, 0.717) is 35.9 Å². The van der Waals surface area contributed by atoms with Crippen LogP contribution >= 0.6 is 11.8 Å². The van der Waals surface area contributed by atoms with Crippen molar-refractivity contribution in [1.82, 2.24) is 14.8 Å². The number of Topliss-reactive ketones (excluding diaryl/α,β-unsaturated/α-hetero) is 1. The molecule has 1 amide bonds. The molecule has 0 bridgehead atoms. The molecule has 2 heterocycles. The van der Waals surface area contributed by atoms with Gasteiger partial charge in [0, 0.05) is 36.4 Å². The number of aromatic nitrogens is 3. The van der Waals surface area contributed by atoms with E-state index in [1.807, 2.05) is 18.2 Å². The van der Waals surface area contributed by atoms with Crippen molar-refractivity contribution in [3.8, 4) is 0 Å². The van der Waals surface area contributed by atoms with Gasteiger partial charge in [0.1, 0.15) is 0 Å². The third-order valence-corrected chi connectivity index (χ3v) is 6.34. The number of nitrogens with zero attached hydrogens (tertiary/aromatic N) is 4. The van der Waals surface area contributed by atoms with E-state index < -0.39 is 0 Å². The largest absolute Gasteiger partial charge is 0.378 e. The average Bonchev–Trinajstić information content (AvgIpc) is 3.25. The predicted molar refractivity (Wildman–Crippen MR) is 134 cm³/mol. The first-order chi connectivity index (χ1) is 16.5. The van der Waals surface area contributed by atoms with Crippen molar-refractivity contribution in [2.75, 3.05) is 42.3 Å². The number of carbonyl (C=O) groups is 2. The molecule has 1 aliphatic heterocycles. The monoisotopic (exact) mass is 479 g/mol.